The molecule has 1 aliphatic heterocycles. The summed E-state index contributed by atoms with van der Waals surface area (Å²) in [7, 11) is 0. The van der Waals surface area contributed by atoms with E-state index in [1.165, 1.54) is 6.26 Å². The van der Waals surface area contributed by atoms with Gasteiger partial charge in [-0.25, -0.2) is 4.98 Å². The summed E-state index contributed by atoms with van der Waals surface area (Å²) in [5.41, 5.74) is 1.73. The van der Waals surface area contributed by atoms with E-state index in [4.69, 9.17) is 14.1 Å². The Morgan fingerprint density at radius 3 is 2.51 bits per heavy atom. The van der Waals surface area contributed by atoms with Gasteiger partial charge in [0.15, 0.2) is 12.4 Å². The fourth-order valence-electron chi connectivity index (χ4n) is 4.09. The molecule has 0 spiro atoms. The van der Waals surface area contributed by atoms with Crippen molar-refractivity contribution in [3.8, 4) is 5.75 Å². The van der Waals surface area contributed by atoms with Gasteiger partial charge in [-0.3, -0.25) is 9.59 Å². The van der Waals surface area contributed by atoms with Crippen molar-refractivity contribution in [2.24, 2.45) is 0 Å². The van der Waals surface area contributed by atoms with Crippen LogP contribution < -0.4 is 15.0 Å². The molecule has 5 rings (SSSR count). The SMILES string of the molecule is O=C(COc1cccc2ccc(N3CCN(C(=O)c4ccco4)CC3)nc12)NCc1ccccc1. The Hall–Kier alpha value is -4.33. The fraction of sp³-hybridized carbons (Fsp3) is 0.222. The molecule has 0 atom stereocenters. The number of nitrogens with one attached hydrogen (secondary N) is 1. The van der Waals surface area contributed by atoms with Crippen LogP contribution >= 0.6 is 0 Å². The Morgan fingerprint density at radius 2 is 1.74 bits per heavy atom. The number of furan rings is 1. The van der Waals surface area contributed by atoms with Crippen molar-refractivity contribution in [3.05, 3.63) is 90.4 Å². The lowest BCUT2D eigenvalue weighted by atomic mass is 10.2. The van der Waals surface area contributed by atoms with E-state index in [2.05, 4.69) is 10.2 Å². The van der Waals surface area contributed by atoms with Crippen molar-refractivity contribution in [3.63, 3.8) is 0 Å². The topological polar surface area (TPSA) is 87.9 Å². The molecule has 1 aliphatic rings. The summed E-state index contributed by atoms with van der Waals surface area (Å²) in [5.74, 6) is 1.44. The van der Waals surface area contributed by atoms with Gasteiger partial charge in [0.2, 0.25) is 0 Å². The highest BCUT2D eigenvalue weighted by Gasteiger charge is 2.24. The van der Waals surface area contributed by atoms with Crippen LogP contribution in [0.4, 0.5) is 5.82 Å². The minimum absolute atomic E-state index is 0.0918. The third-order valence-electron chi connectivity index (χ3n) is 5.98. The van der Waals surface area contributed by atoms with E-state index in [1.807, 2.05) is 60.7 Å². The standard InChI is InChI=1S/C27H26N4O4/c32-25(28-18-20-6-2-1-3-7-20)19-35-22-9-4-8-21-11-12-24(29-26(21)22)30-13-15-31(16-14-30)27(33)23-10-5-17-34-23/h1-12,17H,13-16,18-19H2,(H,28,32). The lowest BCUT2D eigenvalue weighted by Crippen LogP contribution is -2.49. The molecule has 0 unspecified atom stereocenters. The smallest absolute Gasteiger partial charge is 0.289 e. The predicted octanol–water partition coefficient (Wildman–Crippen LogP) is 3.49. The zero-order chi connectivity index (χ0) is 24.0. The van der Waals surface area contributed by atoms with Gasteiger partial charge in [-0.15, -0.1) is 0 Å². The molecule has 1 saturated heterocycles. The maximum Gasteiger partial charge on any atom is 0.289 e. The molecule has 1 N–H and O–H groups in total. The average Bonchev–Trinajstić information content (AvgIpc) is 3.46. The van der Waals surface area contributed by atoms with Gasteiger partial charge in [-0.2, -0.15) is 0 Å². The summed E-state index contributed by atoms with van der Waals surface area (Å²) in [5, 5.41) is 3.81. The van der Waals surface area contributed by atoms with E-state index in [9.17, 15) is 9.59 Å². The molecule has 0 saturated carbocycles. The maximum absolute atomic E-state index is 12.5. The third kappa shape index (κ3) is 5.27. The molecular weight excluding hydrogens is 444 g/mol. The number of hydrogen-bond acceptors (Lipinski definition) is 6. The van der Waals surface area contributed by atoms with Crippen LogP contribution in [0.1, 0.15) is 16.1 Å². The van der Waals surface area contributed by atoms with Gasteiger partial charge >= 0.3 is 0 Å². The number of hydrogen-bond donors (Lipinski definition) is 1. The minimum Gasteiger partial charge on any atom is -0.481 e. The van der Waals surface area contributed by atoms with Crippen LogP contribution in [0.2, 0.25) is 0 Å². The number of anilines is 1. The number of benzene rings is 2. The van der Waals surface area contributed by atoms with Crippen molar-refractivity contribution < 1.29 is 18.7 Å². The molecule has 8 heteroatoms. The largest absolute Gasteiger partial charge is 0.481 e. The van der Waals surface area contributed by atoms with Crippen LogP contribution in [0.5, 0.6) is 5.75 Å². The first-order valence-electron chi connectivity index (χ1n) is 11.6. The number of rotatable bonds is 7. The molecule has 2 amide bonds. The van der Waals surface area contributed by atoms with Crippen LogP contribution in [0.15, 0.2) is 83.5 Å². The molecule has 0 bridgehead atoms. The van der Waals surface area contributed by atoms with E-state index < -0.39 is 0 Å². The van der Waals surface area contributed by atoms with Gasteiger partial charge < -0.3 is 24.3 Å². The molecule has 2 aromatic heterocycles. The summed E-state index contributed by atoms with van der Waals surface area (Å²) >= 11 is 0. The third-order valence-corrected chi connectivity index (χ3v) is 5.98. The summed E-state index contributed by atoms with van der Waals surface area (Å²) in [6.07, 6.45) is 1.51. The normalized spacial score (nSPS) is 13.6. The number of carbonyl (C=O) groups excluding carboxylic acids is 2. The van der Waals surface area contributed by atoms with Gasteiger partial charge in [0.05, 0.1) is 6.26 Å². The van der Waals surface area contributed by atoms with Crippen molar-refractivity contribution in [2.45, 2.75) is 6.54 Å². The first kappa shape index (κ1) is 22.5. The van der Waals surface area contributed by atoms with Crippen LogP contribution in [-0.4, -0.2) is 54.5 Å². The molecule has 3 heterocycles. The molecule has 178 valence electrons. The second-order valence-corrected chi connectivity index (χ2v) is 8.30. The number of nitrogens with zero attached hydrogens (tertiary/aromatic N) is 3. The number of para-hydroxylation sites is 1. The molecule has 0 aliphatic carbocycles. The number of carbonyl (C=O) groups is 2. The lowest BCUT2D eigenvalue weighted by Gasteiger charge is -2.35. The molecule has 0 radical (unpaired) electrons. The Kier molecular flexibility index (Phi) is 6.61. The summed E-state index contributed by atoms with van der Waals surface area (Å²) in [6.45, 7) is 2.85. The first-order valence-corrected chi connectivity index (χ1v) is 11.6. The first-order chi connectivity index (χ1) is 17.2. The fourth-order valence-corrected chi connectivity index (χ4v) is 4.09. The van der Waals surface area contributed by atoms with Gasteiger partial charge in [0.25, 0.3) is 11.8 Å². The second kappa shape index (κ2) is 10.3. The maximum atomic E-state index is 12.5. The van der Waals surface area contributed by atoms with Crippen molar-refractivity contribution in [1.29, 1.82) is 0 Å². The zero-order valence-corrected chi connectivity index (χ0v) is 19.2. The number of ether oxygens (including phenoxy) is 1. The number of fused-ring (bicyclic) bond motifs is 1. The van der Waals surface area contributed by atoms with Crippen LogP contribution in [0.25, 0.3) is 10.9 Å². The molecule has 8 nitrogen and oxygen atoms in total. The highest BCUT2D eigenvalue weighted by Crippen LogP contribution is 2.27. The summed E-state index contributed by atoms with van der Waals surface area (Å²) < 4.78 is 11.1. The van der Waals surface area contributed by atoms with E-state index in [-0.39, 0.29) is 18.4 Å². The molecule has 1 fully saturated rings. The predicted molar refractivity (Wildman–Crippen MR) is 132 cm³/mol. The highest BCUT2D eigenvalue weighted by atomic mass is 16.5. The van der Waals surface area contributed by atoms with Gasteiger partial charge in [0.1, 0.15) is 17.1 Å². The van der Waals surface area contributed by atoms with E-state index in [0.717, 1.165) is 16.8 Å². The van der Waals surface area contributed by atoms with Gasteiger partial charge in [0, 0.05) is 38.1 Å². The Labute approximate surface area is 203 Å². The number of pyridine rings is 1. The molecule has 2 aromatic carbocycles. The Morgan fingerprint density at radius 1 is 0.914 bits per heavy atom. The quantitative estimate of drug-likeness (QED) is 0.445. The lowest BCUT2D eigenvalue weighted by molar-refractivity contribution is -0.123. The van der Waals surface area contributed by atoms with Crippen molar-refractivity contribution in [1.82, 2.24) is 15.2 Å². The van der Waals surface area contributed by atoms with E-state index >= 15 is 0 Å². The molecule has 35 heavy (non-hydrogen) atoms. The zero-order valence-electron chi connectivity index (χ0n) is 19.2. The van der Waals surface area contributed by atoms with Crippen molar-refractivity contribution >= 4 is 28.5 Å². The van der Waals surface area contributed by atoms with E-state index in [1.54, 1.807) is 17.0 Å². The van der Waals surface area contributed by atoms with E-state index in [0.29, 0.717) is 49.8 Å². The van der Waals surface area contributed by atoms with Crippen LogP contribution in [0.3, 0.4) is 0 Å². The number of amides is 2. The van der Waals surface area contributed by atoms with Gasteiger partial charge in [-0.05, 0) is 35.9 Å². The Balaban J connectivity index is 1.22. The second-order valence-electron chi connectivity index (χ2n) is 8.30. The summed E-state index contributed by atoms with van der Waals surface area (Å²) in [6, 6.07) is 22.8. The average molecular weight is 471 g/mol. The Bertz CT molecular complexity index is 1300. The van der Waals surface area contributed by atoms with Gasteiger partial charge in [-0.1, -0.05) is 42.5 Å². The molecule has 4 aromatic rings. The molecular formula is C27H26N4O4. The van der Waals surface area contributed by atoms with Crippen molar-refractivity contribution in [2.75, 3.05) is 37.7 Å². The van der Waals surface area contributed by atoms with Crippen LogP contribution in [0, 0.1) is 0 Å². The number of piperazine rings is 1. The minimum atomic E-state index is -0.195. The van der Waals surface area contributed by atoms with Crippen LogP contribution in [-0.2, 0) is 11.3 Å². The summed E-state index contributed by atoms with van der Waals surface area (Å²) in [4.78, 5) is 33.6. The monoisotopic (exact) mass is 470 g/mol. The highest BCUT2D eigenvalue weighted by molar-refractivity contribution is 5.91. The number of aromatic nitrogens is 1.